The summed E-state index contributed by atoms with van der Waals surface area (Å²) in [5, 5.41) is 3.82. The Kier molecular flexibility index (Phi) is 6.41. The van der Waals surface area contributed by atoms with Crippen molar-refractivity contribution < 1.29 is 31.5 Å². The highest BCUT2D eigenvalue weighted by Gasteiger charge is 2.39. The lowest BCUT2D eigenvalue weighted by Gasteiger charge is -2.26. The first-order chi connectivity index (χ1) is 16.1. The molecule has 182 valence electrons. The molecule has 34 heavy (non-hydrogen) atoms. The molecule has 1 aliphatic heterocycles. The molecule has 1 fully saturated rings. The summed E-state index contributed by atoms with van der Waals surface area (Å²) in [7, 11) is 1.38. The van der Waals surface area contributed by atoms with Crippen LogP contribution in [-0.2, 0) is 24.5 Å². The number of hydrogen-bond acceptors (Lipinski definition) is 5. The molecule has 0 spiro atoms. The summed E-state index contributed by atoms with van der Waals surface area (Å²) >= 11 is 0. The molecular formula is C21H21F5N6O2. The molecule has 0 atom stereocenters. The molecule has 8 nitrogen and oxygen atoms in total. The molecule has 3 aromatic rings. The van der Waals surface area contributed by atoms with Crippen LogP contribution < -0.4 is 5.73 Å². The molecule has 0 bridgehead atoms. The Morgan fingerprint density at radius 3 is 2.32 bits per heavy atom. The van der Waals surface area contributed by atoms with Gasteiger partial charge in [-0.15, -0.1) is 0 Å². The van der Waals surface area contributed by atoms with E-state index in [9.17, 15) is 22.4 Å². The van der Waals surface area contributed by atoms with E-state index in [1.54, 1.807) is 0 Å². The van der Waals surface area contributed by atoms with Gasteiger partial charge in [-0.2, -0.15) is 18.3 Å². The van der Waals surface area contributed by atoms with Crippen molar-refractivity contribution in [2.45, 2.75) is 12.7 Å². The maximum Gasteiger partial charge on any atom is 0.433 e. The summed E-state index contributed by atoms with van der Waals surface area (Å²) in [6, 6.07) is 2.17. The van der Waals surface area contributed by atoms with Crippen molar-refractivity contribution >= 4 is 5.91 Å². The monoisotopic (exact) mass is 484 g/mol. The van der Waals surface area contributed by atoms with Gasteiger partial charge in [0.25, 0.3) is 5.91 Å². The molecule has 1 aliphatic rings. The average molecular weight is 484 g/mol. The number of halogens is 5. The fourth-order valence-corrected chi connectivity index (χ4v) is 3.96. The smallest absolute Gasteiger partial charge is 0.379 e. The molecule has 4 rings (SSSR count). The number of hydrogen-bond donors (Lipinski definition) is 1. The van der Waals surface area contributed by atoms with Gasteiger partial charge >= 0.3 is 6.18 Å². The van der Waals surface area contributed by atoms with E-state index in [4.69, 9.17) is 10.5 Å². The number of nitrogens with two attached hydrogens (primary N) is 1. The highest BCUT2D eigenvalue weighted by molar-refractivity contribution is 5.90. The minimum Gasteiger partial charge on any atom is -0.379 e. The molecule has 0 radical (unpaired) electrons. The number of aromatic nitrogens is 4. The standard InChI is InChI=1S/C21H21F5N6O2/c1-30-15(11-28-20(30)19(27)33)13-3-2-12(16(22)17(13)23)14-10-29-32(18(14)21(24,25)26)5-4-31-6-8-34-9-7-31/h2-3,10-11H,4-9H2,1H3,(H2,27,33). The molecule has 2 aromatic heterocycles. The summed E-state index contributed by atoms with van der Waals surface area (Å²) in [5.74, 6) is -3.91. The van der Waals surface area contributed by atoms with Crippen LogP contribution in [0.3, 0.4) is 0 Å². The van der Waals surface area contributed by atoms with Gasteiger partial charge in [0.05, 0.1) is 37.8 Å². The fourth-order valence-electron chi connectivity index (χ4n) is 3.96. The minimum atomic E-state index is -4.85. The van der Waals surface area contributed by atoms with Crippen LogP contribution >= 0.6 is 0 Å². The van der Waals surface area contributed by atoms with Crippen LogP contribution in [0.25, 0.3) is 22.4 Å². The summed E-state index contributed by atoms with van der Waals surface area (Å²) in [6.45, 7) is 2.37. The molecule has 1 amide bonds. The second-order valence-corrected chi connectivity index (χ2v) is 7.76. The van der Waals surface area contributed by atoms with E-state index in [1.807, 2.05) is 4.90 Å². The Morgan fingerprint density at radius 1 is 1.06 bits per heavy atom. The Labute approximate surface area is 190 Å². The largest absolute Gasteiger partial charge is 0.433 e. The predicted octanol–water partition coefficient (Wildman–Crippen LogP) is 2.68. The van der Waals surface area contributed by atoms with Crippen LogP contribution in [0.2, 0.25) is 0 Å². The third-order valence-corrected chi connectivity index (χ3v) is 5.70. The lowest BCUT2D eigenvalue weighted by molar-refractivity contribution is -0.143. The van der Waals surface area contributed by atoms with Gasteiger partial charge < -0.3 is 15.0 Å². The quantitative estimate of drug-likeness (QED) is 0.544. The number of benzene rings is 1. The van der Waals surface area contributed by atoms with Crippen LogP contribution in [0.4, 0.5) is 22.0 Å². The zero-order valence-electron chi connectivity index (χ0n) is 18.1. The van der Waals surface area contributed by atoms with Crippen molar-refractivity contribution in [3.63, 3.8) is 0 Å². The van der Waals surface area contributed by atoms with Gasteiger partial charge in [-0.3, -0.25) is 14.4 Å². The van der Waals surface area contributed by atoms with Crippen LogP contribution in [0, 0.1) is 11.6 Å². The molecule has 0 unspecified atom stereocenters. The van der Waals surface area contributed by atoms with Gasteiger partial charge in [0.1, 0.15) is 0 Å². The van der Waals surface area contributed by atoms with Crippen LogP contribution in [0.5, 0.6) is 0 Å². The number of alkyl halides is 3. The number of carbonyl (C=O) groups excluding carboxylic acids is 1. The van der Waals surface area contributed by atoms with Gasteiger partial charge in [0.2, 0.25) is 0 Å². The average Bonchev–Trinajstić information content (AvgIpc) is 3.38. The maximum atomic E-state index is 15.1. The van der Waals surface area contributed by atoms with Crippen molar-refractivity contribution in [1.29, 1.82) is 0 Å². The number of morpholine rings is 1. The molecule has 3 heterocycles. The van der Waals surface area contributed by atoms with Crippen molar-refractivity contribution in [3.8, 4) is 22.4 Å². The molecule has 1 saturated heterocycles. The Bertz CT molecular complexity index is 1210. The zero-order chi connectivity index (χ0) is 24.6. The Balaban J connectivity index is 1.71. The number of nitrogens with zero attached hydrogens (tertiary/aromatic N) is 5. The highest BCUT2D eigenvalue weighted by Crippen LogP contribution is 2.39. The van der Waals surface area contributed by atoms with E-state index in [-0.39, 0.29) is 23.6 Å². The Hall–Kier alpha value is -3.32. The van der Waals surface area contributed by atoms with E-state index >= 15 is 4.39 Å². The lowest BCUT2D eigenvalue weighted by Crippen LogP contribution is -2.38. The molecule has 13 heteroatoms. The van der Waals surface area contributed by atoms with E-state index in [0.29, 0.717) is 32.8 Å². The van der Waals surface area contributed by atoms with Gasteiger partial charge in [-0.25, -0.2) is 13.8 Å². The molecule has 0 aliphatic carbocycles. The topological polar surface area (TPSA) is 91.2 Å². The van der Waals surface area contributed by atoms with Crippen LogP contribution in [0.15, 0.2) is 24.5 Å². The van der Waals surface area contributed by atoms with Gasteiger partial charge in [0.15, 0.2) is 23.2 Å². The molecule has 0 saturated carbocycles. The second kappa shape index (κ2) is 9.14. The minimum absolute atomic E-state index is 0.0361. The Morgan fingerprint density at radius 2 is 1.71 bits per heavy atom. The number of rotatable bonds is 6. The maximum absolute atomic E-state index is 15.1. The number of primary amides is 1. The summed E-state index contributed by atoms with van der Waals surface area (Å²) in [5.41, 5.74) is 2.63. The first-order valence-corrected chi connectivity index (χ1v) is 10.3. The summed E-state index contributed by atoms with van der Waals surface area (Å²) < 4.78 is 79.0. The van der Waals surface area contributed by atoms with Crippen molar-refractivity contribution in [2.75, 3.05) is 32.8 Å². The SMILES string of the molecule is Cn1c(-c2ccc(-c3cnn(CCN4CCOCC4)c3C(F)(F)F)c(F)c2F)cnc1C(N)=O. The first kappa shape index (κ1) is 23.8. The fraction of sp³-hybridized carbons (Fsp3) is 0.381. The van der Waals surface area contributed by atoms with Gasteiger partial charge in [0, 0.05) is 43.4 Å². The second-order valence-electron chi connectivity index (χ2n) is 7.76. The zero-order valence-corrected chi connectivity index (χ0v) is 18.1. The van der Waals surface area contributed by atoms with E-state index in [2.05, 4.69) is 10.1 Å². The molecule has 2 N–H and O–H groups in total. The third kappa shape index (κ3) is 4.40. The van der Waals surface area contributed by atoms with Crippen molar-refractivity contribution in [1.82, 2.24) is 24.2 Å². The van der Waals surface area contributed by atoms with Gasteiger partial charge in [-0.1, -0.05) is 6.07 Å². The van der Waals surface area contributed by atoms with Crippen LogP contribution in [0.1, 0.15) is 16.3 Å². The third-order valence-electron chi connectivity index (χ3n) is 5.70. The van der Waals surface area contributed by atoms with E-state index in [1.165, 1.54) is 11.6 Å². The first-order valence-electron chi connectivity index (χ1n) is 10.3. The lowest BCUT2D eigenvalue weighted by atomic mass is 10.0. The highest BCUT2D eigenvalue weighted by atomic mass is 19.4. The van der Waals surface area contributed by atoms with Crippen molar-refractivity contribution in [3.05, 3.63) is 47.7 Å². The molecular weight excluding hydrogens is 463 g/mol. The predicted molar refractivity (Wildman–Crippen MR) is 111 cm³/mol. The number of imidazole rings is 1. The van der Waals surface area contributed by atoms with E-state index < -0.39 is 40.5 Å². The van der Waals surface area contributed by atoms with Crippen molar-refractivity contribution in [2.24, 2.45) is 12.8 Å². The normalized spacial score (nSPS) is 15.1. The summed E-state index contributed by atoms with van der Waals surface area (Å²) in [6.07, 6.45) is -2.84. The van der Waals surface area contributed by atoms with E-state index in [0.717, 1.165) is 29.2 Å². The molecule has 1 aromatic carbocycles. The van der Waals surface area contributed by atoms with Gasteiger partial charge in [-0.05, 0) is 6.07 Å². The number of amides is 1. The number of ether oxygens (including phenoxy) is 1. The van der Waals surface area contributed by atoms with Crippen LogP contribution in [-0.4, -0.2) is 63.0 Å². The number of carbonyl (C=O) groups is 1. The summed E-state index contributed by atoms with van der Waals surface area (Å²) in [4.78, 5) is 17.1.